The lowest BCUT2D eigenvalue weighted by atomic mass is 9.77. The summed E-state index contributed by atoms with van der Waals surface area (Å²) in [6.07, 6.45) is 4.02. The average molecular weight is 278 g/mol. The van der Waals surface area contributed by atoms with Crippen LogP contribution in [0.15, 0.2) is 24.3 Å². The molecule has 1 fully saturated rings. The second-order valence-electron chi connectivity index (χ2n) is 5.86. The molecule has 2 N–H and O–H groups in total. The maximum atomic E-state index is 11.0. The number of hydrogen-bond donors (Lipinski definition) is 2. The highest BCUT2D eigenvalue weighted by atomic mass is 16.6. The number of nitro groups is 1. The highest BCUT2D eigenvalue weighted by molar-refractivity contribution is 5.39. The Morgan fingerprint density at radius 1 is 1.40 bits per heavy atom. The summed E-state index contributed by atoms with van der Waals surface area (Å²) in [5.74, 6) is 0.697. The van der Waals surface area contributed by atoms with Crippen LogP contribution in [0.25, 0.3) is 0 Å². The number of nitrogens with one attached hydrogen (secondary N) is 1. The van der Waals surface area contributed by atoms with Crippen molar-refractivity contribution in [3.8, 4) is 0 Å². The maximum Gasteiger partial charge on any atom is 0.273 e. The molecule has 0 aliphatic heterocycles. The first-order chi connectivity index (χ1) is 9.56. The quantitative estimate of drug-likeness (QED) is 0.641. The molecule has 1 aliphatic carbocycles. The molecule has 0 amide bonds. The van der Waals surface area contributed by atoms with Crippen LogP contribution in [0, 0.1) is 16.0 Å². The van der Waals surface area contributed by atoms with Gasteiger partial charge in [-0.25, -0.2) is 0 Å². The Kier molecular flexibility index (Phi) is 4.73. The molecular formula is C15H22N2O3. The number of rotatable bonds is 5. The van der Waals surface area contributed by atoms with E-state index in [4.69, 9.17) is 0 Å². The molecule has 1 saturated carbocycles. The molecule has 0 unspecified atom stereocenters. The van der Waals surface area contributed by atoms with Crippen molar-refractivity contribution in [1.29, 1.82) is 0 Å². The maximum absolute atomic E-state index is 11.0. The van der Waals surface area contributed by atoms with Crippen LogP contribution in [0.1, 0.15) is 38.2 Å². The largest absolute Gasteiger partial charge is 0.394 e. The Balaban J connectivity index is 2.05. The lowest BCUT2D eigenvalue weighted by molar-refractivity contribution is -0.385. The summed E-state index contributed by atoms with van der Waals surface area (Å²) in [6.45, 7) is 2.73. The Morgan fingerprint density at radius 2 is 2.05 bits per heavy atom. The smallest absolute Gasteiger partial charge is 0.273 e. The molecule has 5 heteroatoms. The first kappa shape index (κ1) is 14.9. The van der Waals surface area contributed by atoms with E-state index in [1.54, 1.807) is 18.2 Å². The van der Waals surface area contributed by atoms with Crippen LogP contribution < -0.4 is 5.32 Å². The summed E-state index contributed by atoms with van der Waals surface area (Å²) in [4.78, 5) is 10.6. The van der Waals surface area contributed by atoms with Gasteiger partial charge in [0.2, 0.25) is 0 Å². The van der Waals surface area contributed by atoms with Gasteiger partial charge in [-0.2, -0.15) is 0 Å². The van der Waals surface area contributed by atoms with Gasteiger partial charge in [0.1, 0.15) is 0 Å². The van der Waals surface area contributed by atoms with Crippen molar-refractivity contribution in [3.63, 3.8) is 0 Å². The molecule has 0 atom stereocenters. The van der Waals surface area contributed by atoms with Crippen molar-refractivity contribution in [2.45, 2.75) is 44.7 Å². The van der Waals surface area contributed by atoms with E-state index in [1.807, 2.05) is 0 Å². The Bertz CT molecular complexity index is 468. The van der Waals surface area contributed by atoms with Crippen molar-refractivity contribution >= 4 is 5.69 Å². The molecule has 0 bridgehead atoms. The Morgan fingerprint density at radius 3 is 2.65 bits per heavy atom. The highest BCUT2D eigenvalue weighted by Gasteiger charge is 2.33. The van der Waals surface area contributed by atoms with Crippen LogP contribution in [-0.2, 0) is 6.54 Å². The molecule has 0 heterocycles. The molecule has 1 aromatic carbocycles. The first-order valence-corrected chi connectivity index (χ1v) is 7.14. The van der Waals surface area contributed by atoms with E-state index in [0.29, 0.717) is 18.0 Å². The first-order valence-electron chi connectivity index (χ1n) is 7.14. The summed E-state index contributed by atoms with van der Waals surface area (Å²) in [6, 6.07) is 6.76. The number of benzene rings is 1. The second kappa shape index (κ2) is 6.33. The molecule has 0 saturated heterocycles. The minimum Gasteiger partial charge on any atom is -0.394 e. The van der Waals surface area contributed by atoms with Gasteiger partial charge in [-0.1, -0.05) is 25.1 Å². The van der Waals surface area contributed by atoms with Crippen LogP contribution in [0.5, 0.6) is 0 Å². The van der Waals surface area contributed by atoms with Gasteiger partial charge >= 0.3 is 0 Å². The molecule has 0 spiro atoms. The van der Waals surface area contributed by atoms with Gasteiger partial charge in [-0.15, -0.1) is 0 Å². The number of nitro benzene ring substituents is 1. The minimum atomic E-state index is -0.356. The van der Waals surface area contributed by atoms with Crippen molar-refractivity contribution < 1.29 is 10.0 Å². The number of para-hydroxylation sites is 1. The fourth-order valence-electron chi connectivity index (χ4n) is 2.83. The molecule has 0 radical (unpaired) electrons. The zero-order valence-corrected chi connectivity index (χ0v) is 11.8. The molecule has 1 aromatic rings. The number of hydrogen-bond acceptors (Lipinski definition) is 4. The third kappa shape index (κ3) is 3.35. The number of aliphatic hydroxyl groups excluding tert-OH is 1. The van der Waals surface area contributed by atoms with E-state index in [1.165, 1.54) is 6.07 Å². The van der Waals surface area contributed by atoms with Gasteiger partial charge < -0.3 is 10.4 Å². The SMILES string of the molecule is CC1CCC(CO)(NCc2ccccc2[N+](=O)[O-])CC1. The van der Waals surface area contributed by atoms with Crippen LogP contribution in [-0.4, -0.2) is 22.2 Å². The summed E-state index contributed by atoms with van der Waals surface area (Å²) in [7, 11) is 0. The van der Waals surface area contributed by atoms with Crippen LogP contribution in [0.4, 0.5) is 5.69 Å². The van der Waals surface area contributed by atoms with Gasteiger partial charge in [0.25, 0.3) is 5.69 Å². The fraction of sp³-hybridized carbons (Fsp3) is 0.600. The van der Waals surface area contributed by atoms with Crippen molar-refractivity contribution in [1.82, 2.24) is 5.32 Å². The summed E-state index contributed by atoms with van der Waals surface area (Å²) >= 11 is 0. The monoisotopic (exact) mass is 278 g/mol. The fourth-order valence-corrected chi connectivity index (χ4v) is 2.83. The summed E-state index contributed by atoms with van der Waals surface area (Å²) in [5, 5.41) is 24.0. The van der Waals surface area contributed by atoms with Crippen molar-refractivity contribution in [3.05, 3.63) is 39.9 Å². The Hall–Kier alpha value is -1.46. The van der Waals surface area contributed by atoms with Crippen LogP contribution in [0.3, 0.4) is 0 Å². The highest BCUT2D eigenvalue weighted by Crippen LogP contribution is 2.32. The lowest BCUT2D eigenvalue weighted by Gasteiger charge is -2.39. The van der Waals surface area contributed by atoms with Crippen LogP contribution >= 0.6 is 0 Å². The third-order valence-electron chi connectivity index (χ3n) is 4.38. The Labute approximate surface area is 119 Å². The van der Waals surface area contributed by atoms with Crippen molar-refractivity contribution in [2.24, 2.45) is 5.92 Å². The topological polar surface area (TPSA) is 75.4 Å². The molecule has 1 aliphatic rings. The van der Waals surface area contributed by atoms with Gasteiger partial charge in [-0.05, 0) is 31.6 Å². The molecule has 110 valence electrons. The standard InChI is InChI=1S/C15H22N2O3/c1-12-6-8-15(11-18,9-7-12)16-10-13-4-2-3-5-14(13)17(19)20/h2-5,12,16,18H,6-11H2,1H3. The zero-order valence-electron chi connectivity index (χ0n) is 11.8. The third-order valence-corrected chi connectivity index (χ3v) is 4.38. The van der Waals surface area contributed by atoms with Gasteiger partial charge in [0, 0.05) is 23.7 Å². The summed E-state index contributed by atoms with van der Waals surface area (Å²) in [5.41, 5.74) is 0.525. The van der Waals surface area contributed by atoms with Gasteiger partial charge in [0.05, 0.1) is 11.5 Å². The van der Waals surface area contributed by atoms with E-state index < -0.39 is 0 Å². The second-order valence-corrected chi connectivity index (χ2v) is 5.86. The summed E-state index contributed by atoms with van der Waals surface area (Å²) < 4.78 is 0. The molecule has 2 rings (SSSR count). The average Bonchev–Trinajstić information content (AvgIpc) is 2.47. The molecule has 20 heavy (non-hydrogen) atoms. The van der Waals surface area contributed by atoms with Crippen molar-refractivity contribution in [2.75, 3.05) is 6.61 Å². The van der Waals surface area contributed by atoms with E-state index in [-0.39, 0.29) is 22.8 Å². The van der Waals surface area contributed by atoms with Gasteiger partial charge in [0.15, 0.2) is 0 Å². The normalized spacial score (nSPS) is 26.4. The molecule has 5 nitrogen and oxygen atoms in total. The number of nitrogens with zero attached hydrogens (tertiary/aromatic N) is 1. The van der Waals surface area contributed by atoms with E-state index in [0.717, 1.165) is 25.7 Å². The molecule has 0 aromatic heterocycles. The predicted octanol–water partition coefficient (Wildman–Crippen LogP) is 2.63. The number of aliphatic hydroxyl groups is 1. The zero-order chi connectivity index (χ0) is 14.6. The predicted molar refractivity (Wildman–Crippen MR) is 77.4 cm³/mol. The van der Waals surface area contributed by atoms with E-state index >= 15 is 0 Å². The minimum absolute atomic E-state index is 0.0837. The van der Waals surface area contributed by atoms with E-state index in [2.05, 4.69) is 12.2 Å². The lowest BCUT2D eigenvalue weighted by Crippen LogP contribution is -2.50. The van der Waals surface area contributed by atoms with E-state index in [9.17, 15) is 15.2 Å². The molecular weight excluding hydrogens is 256 g/mol. The van der Waals surface area contributed by atoms with Crippen LogP contribution in [0.2, 0.25) is 0 Å². The van der Waals surface area contributed by atoms with Gasteiger partial charge in [-0.3, -0.25) is 10.1 Å².